The largest absolute Gasteiger partial charge is 0.356 e. The Kier molecular flexibility index (Phi) is 8.04. The molecule has 0 saturated heterocycles. The van der Waals surface area contributed by atoms with Crippen molar-refractivity contribution in [1.29, 1.82) is 0 Å². The van der Waals surface area contributed by atoms with Crippen LogP contribution in [0.4, 0.5) is 4.39 Å². The van der Waals surface area contributed by atoms with Crippen molar-refractivity contribution in [2.24, 2.45) is 0 Å². The van der Waals surface area contributed by atoms with E-state index >= 15 is 0 Å². The molecule has 0 saturated carbocycles. The second-order valence-electron chi connectivity index (χ2n) is 4.67. The van der Waals surface area contributed by atoms with Crippen molar-refractivity contribution in [2.45, 2.75) is 19.3 Å². The van der Waals surface area contributed by atoms with Gasteiger partial charge in [-0.3, -0.25) is 9.59 Å². The van der Waals surface area contributed by atoms with E-state index < -0.39 is 0 Å². The fourth-order valence-electron chi connectivity index (χ4n) is 1.74. The molecule has 3 N–H and O–H groups in total. The van der Waals surface area contributed by atoms with Crippen LogP contribution in [0.25, 0.3) is 0 Å². The average molecular weight is 295 g/mol. The molecule has 0 aliphatic carbocycles. The number of hydrogen-bond acceptors (Lipinski definition) is 3. The van der Waals surface area contributed by atoms with E-state index in [0.29, 0.717) is 31.5 Å². The maximum Gasteiger partial charge on any atom is 0.251 e. The SMILES string of the molecule is CNCCCC(=O)NCCCNC(=O)c1ccc(F)cc1. The average Bonchev–Trinajstić information content (AvgIpc) is 2.47. The molecule has 0 aromatic heterocycles. The summed E-state index contributed by atoms with van der Waals surface area (Å²) in [5.41, 5.74) is 0.424. The number of benzene rings is 1. The van der Waals surface area contributed by atoms with Gasteiger partial charge in [-0.2, -0.15) is 0 Å². The zero-order valence-corrected chi connectivity index (χ0v) is 12.2. The predicted molar refractivity (Wildman–Crippen MR) is 79.5 cm³/mol. The molecule has 21 heavy (non-hydrogen) atoms. The van der Waals surface area contributed by atoms with Crippen LogP contribution in [-0.2, 0) is 4.79 Å². The van der Waals surface area contributed by atoms with Crippen molar-refractivity contribution in [3.05, 3.63) is 35.6 Å². The summed E-state index contributed by atoms with van der Waals surface area (Å²) in [4.78, 5) is 23.1. The Bertz CT molecular complexity index is 449. The number of carbonyl (C=O) groups is 2. The molecule has 0 heterocycles. The van der Waals surface area contributed by atoms with Crippen LogP contribution >= 0.6 is 0 Å². The lowest BCUT2D eigenvalue weighted by atomic mass is 10.2. The van der Waals surface area contributed by atoms with Crippen LogP contribution < -0.4 is 16.0 Å². The summed E-state index contributed by atoms with van der Waals surface area (Å²) in [6, 6.07) is 5.38. The van der Waals surface area contributed by atoms with Crippen molar-refractivity contribution in [3.63, 3.8) is 0 Å². The number of rotatable bonds is 9. The number of halogens is 1. The molecule has 0 spiro atoms. The third-order valence-corrected chi connectivity index (χ3v) is 2.90. The lowest BCUT2D eigenvalue weighted by Gasteiger charge is -2.07. The minimum absolute atomic E-state index is 0.0233. The molecule has 0 bridgehead atoms. The topological polar surface area (TPSA) is 70.2 Å². The van der Waals surface area contributed by atoms with E-state index in [9.17, 15) is 14.0 Å². The minimum atomic E-state index is -0.368. The smallest absolute Gasteiger partial charge is 0.251 e. The highest BCUT2D eigenvalue weighted by atomic mass is 19.1. The molecule has 0 radical (unpaired) electrons. The summed E-state index contributed by atoms with van der Waals surface area (Å²) in [7, 11) is 1.85. The van der Waals surface area contributed by atoms with Gasteiger partial charge in [0.05, 0.1) is 0 Å². The first-order valence-electron chi connectivity index (χ1n) is 7.08. The van der Waals surface area contributed by atoms with E-state index in [4.69, 9.17) is 0 Å². The third kappa shape index (κ3) is 7.41. The highest BCUT2D eigenvalue weighted by Gasteiger charge is 2.04. The molecular weight excluding hydrogens is 273 g/mol. The van der Waals surface area contributed by atoms with Gasteiger partial charge in [0.2, 0.25) is 5.91 Å². The second-order valence-corrected chi connectivity index (χ2v) is 4.67. The van der Waals surface area contributed by atoms with Gasteiger partial charge in [0.25, 0.3) is 5.91 Å². The Morgan fingerprint density at radius 1 is 1.00 bits per heavy atom. The molecule has 0 fully saturated rings. The molecule has 0 aliphatic rings. The first-order chi connectivity index (χ1) is 10.1. The first kappa shape index (κ1) is 17.1. The van der Waals surface area contributed by atoms with Crippen molar-refractivity contribution in [2.75, 3.05) is 26.7 Å². The van der Waals surface area contributed by atoms with E-state index in [1.165, 1.54) is 24.3 Å². The number of amides is 2. The molecule has 2 amide bonds. The maximum absolute atomic E-state index is 12.7. The highest BCUT2D eigenvalue weighted by molar-refractivity contribution is 5.94. The lowest BCUT2D eigenvalue weighted by molar-refractivity contribution is -0.121. The molecule has 6 heteroatoms. The monoisotopic (exact) mass is 295 g/mol. The first-order valence-corrected chi connectivity index (χ1v) is 7.08. The fourth-order valence-corrected chi connectivity index (χ4v) is 1.74. The Morgan fingerprint density at radius 3 is 2.33 bits per heavy atom. The highest BCUT2D eigenvalue weighted by Crippen LogP contribution is 2.02. The molecule has 0 atom stereocenters. The van der Waals surface area contributed by atoms with Gasteiger partial charge in [-0.25, -0.2) is 4.39 Å². The predicted octanol–water partition coefficient (Wildman–Crippen LogP) is 1.06. The van der Waals surface area contributed by atoms with Crippen LogP contribution in [0.5, 0.6) is 0 Å². The quantitative estimate of drug-likeness (QED) is 0.597. The van der Waals surface area contributed by atoms with Crippen LogP contribution in [0.3, 0.4) is 0 Å². The molecular formula is C15H22FN3O2. The lowest BCUT2D eigenvalue weighted by Crippen LogP contribution is -2.30. The Labute approximate surface area is 124 Å². The van der Waals surface area contributed by atoms with Crippen molar-refractivity contribution < 1.29 is 14.0 Å². The van der Waals surface area contributed by atoms with Gasteiger partial charge in [0.15, 0.2) is 0 Å². The van der Waals surface area contributed by atoms with Crippen LogP contribution in [0.2, 0.25) is 0 Å². The van der Waals surface area contributed by atoms with Gasteiger partial charge < -0.3 is 16.0 Å². The van der Waals surface area contributed by atoms with Gasteiger partial charge in [0.1, 0.15) is 5.82 Å². The summed E-state index contributed by atoms with van der Waals surface area (Å²) < 4.78 is 12.7. The maximum atomic E-state index is 12.7. The van der Waals surface area contributed by atoms with Crippen LogP contribution in [0.1, 0.15) is 29.6 Å². The summed E-state index contributed by atoms with van der Waals surface area (Å²) in [5.74, 6) is -0.585. The Morgan fingerprint density at radius 2 is 1.67 bits per heavy atom. The van der Waals surface area contributed by atoms with Gasteiger partial charge >= 0.3 is 0 Å². The van der Waals surface area contributed by atoms with Crippen LogP contribution in [-0.4, -0.2) is 38.5 Å². The molecule has 1 aromatic rings. The van der Waals surface area contributed by atoms with Crippen molar-refractivity contribution in [1.82, 2.24) is 16.0 Å². The standard InChI is InChI=1S/C15H22FN3O2/c1-17-9-2-4-14(20)18-10-3-11-19-15(21)12-5-7-13(16)8-6-12/h5-8,17H,2-4,9-11H2,1H3,(H,18,20)(H,19,21). The van der Waals surface area contributed by atoms with E-state index in [1.54, 1.807) is 0 Å². The van der Waals surface area contributed by atoms with E-state index in [2.05, 4.69) is 16.0 Å². The third-order valence-electron chi connectivity index (χ3n) is 2.90. The van der Waals surface area contributed by atoms with Crippen LogP contribution in [0, 0.1) is 5.82 Å². The van der Waals surface area contributed by atoms with Crippen molar-refractivity contribution >= 4 is 11.8 Å². The second kappa shape index (κ2) is 9.88. The summed E-state index contributed by atoms with van der Waals surface area (Å²) in [6.07, 6.45) is 1.97. The molecule has 1 rings (SSSR count). The van der Waals surface area contributed by atoms with Gasteiger partial charge in [-0.1, -0.05) is 0 Å². The molecule has 0 unspecified atom stereocenters. The number of nitrogens with one attached hydrogen (secondary N) is 3. The summed E-state index contributed by atoms with van der Waals surface area (Å²) in [5, 5.41) is 8.50. The number of carbonyl (C=O) groups excluding carboxylic acids is 2. The van der Waals surface area contributed by atoms with Crippen LogP contribution in [0.15, 0.2) is 24.3 Å². The molecule has 116 valence electrons. The van der Waals surface area contributed by atoms with Gasteiger partial charge in [0, 0.05) is 25.1 Å². The molecule has 1 aromatic carbocycles. The minimum Gasteiger partial charge on any atom is -0.356 e. The van der Waals surface area contributed by atoms with E-state index in [1.807, 2.05) is 7.05 Å². The zero-order valence-electron chi connectivity index (χ0n) is 12.2. The molecule has 0 aliphatic heterocycles. The van der Waals surface area contributed by atoms with Gasteiger partial charge in [-0.15, -0.1) is 0 Å². The Hall–Kier alpha value is -1.95. The van der Waals surface area contributed by atoms with E-state index in [-0.39, 0.29) is 17.6 Å². The Balaban J connectivity index is 2.10. The summed E-state index contributed by atoms with van der Waals surface area (Å²) in [6.45, 7) is 1.82. The zero-order chi connectivity index (χ0) is 15.5. The van der Waals surface area contributed by atoms with E-state index in [0.717, 1.165) is 13.0 Å². The van der Waals surface area contributed by atoms with Gasteiger partial charge in [-0.05, 0) is 50.7 Å². The fraction of sp³-hybridized carbons (Fsp3) is 0.467. The number of hydrogen-bond donors (Lipinski definition) is 3. The summed E-state index contributed by atoms with van der Waals surface area (Å²) >= 11 is 0. The molecule has 5 nitrogen and oxygen atoms in total. The normalized spacial score (nSPS) is 10.2. The van der Waals surface area contributed by atoms with Crippen molar-refractivity contribution in [3.8, 4) is 0 Å².